The Balaban J connectivity index is 2.33. The van der Waals surface area contributed by atoms with E-state index in [1.165, 1.54) is 10.1 Å². The van der Waals surface area contributed by atoms with Gasteiger partial charge in [-0.1, -0.05) is 30.3 Å². The summed E-state index contributed by atoms with van der Waals surface area (Å²) in [6.45, 7) is 2.16. The summed E-state index contributed by atoms with van der Waals surface area (Å²) in [5.74, 6) is 1.09. The summed E-state index contributed by atoms with van der Waals surface area (Å²) in [5.41, 5.74) is 1.40. The van der Waals surface area contributed by atoms with E-state index in [0.717, 1.165) is 5.75 Å². The minimum absolute atomic E-state index is 1.09. The second kappa shape index (κ2) is 5.55. The van der Waals surface area contributed by atoms with Crippen molar-refractivity contribution >= 4 is 23.5 Å². The predicted molar refractivity (Wildman–Crippen MR) is 60.2 cm³/mol. The van der Waals surface area contributed by atoms with Gasteiger partial charge in [0.05, 0.1) is 4.58 Å². The number of hydrogen-bond acceptors (Lipinski definition) is 2. The topological polar surface area (TPSA) is 0 Å². The summed E-state index contributed by atoms with van der Waals surface area (Å²) in [5, 5.41) is 0. The molecule has 0 atom stereocenters. The van der Waals surface area contributed by atoms with E-state index >= 15 is 0 Å². The van der Waals surface area contributed by atoms with Gasteiger partial charge < -0.3 is 0 Å². The van der Waals surface area contributed by atoms with Gasteiger partial charge in [-0.15, -0.1) is 23.5 Å². The van der Waals surface area contributed by atoms with Gasteiger partial charge in [-0.25, -0.2) is 0 Å². The maximum atomic E-state index is 2.17. The summed E-state index contributed by atoms with van der Waals surface area (Å²) in [6, 6.07) is 10.6. The van der Waals surface area contributed by atoms with Crippen molar-refractivity contribution in [2.75, 3.05) is 6.26 Å². The van der Waals surface area contributed by atoms with Crippen LogP contribution in [0.5, 0.6) is 0 Å². The summed E-state index contributed by atoms with van der Waals surface area (Å²) in [7, 11) is 0. The van der Waals surface area contributed by atoms with Crippen LogP contribution in [-0.2, 0) is 5.75 Å². The average Bonchev–Trinajstić information content (AvgIpc) is 2.16. The van der Waals surface area contributed by atoms with Gasteiger partial charge in [0.1, 0.15) is 0 Å². The molecular weight excluding hydrogens is 184 g/mol. The molecule has 0 unspecified atom stereocenters. The molecule has 0 aliphatic rings. The summed E-state index contributed by atoms with van der Waals surface area (Å²) < 4.78 is 1.43. The van der Waals surface area contributed by atoms with Gasteiger partial charge in [-0.2, -0.15) is 0 Å². The van der Waals surface area contributed by atoms with Gasteiger partial charge in [0.2, 0.25) is 0 Å². The fraction of sp³-hybridized carbons (Fsp3) is 0.300. The van der Waals surface area contributed by atoms with Crippen LogP contribution in [-0.4, -0.2) is 6.26 Å². The molecule has 0 N–H and O–H groups in total. The Hall–Kier alpha value is -0.0800. The van der Waals surface area contributed by atoms with Crippen molar-refractivity contribution in [3.05, 3.63) is 40.5 Å². The van der Waals surface area contributed by atoms with Crippen LogP contribution in [0.4, 0.5) is 0 Å². The highest BCUT2D eigenvalue weighted by Gasteiger charge is 2.00. The Kier molecular flexibility index (Phi) is 4.62. The van der Waals surface area contributed by atoms with Crippen LogP contribution >= 0.6 is 23.5 Å². The van der Waals surface area contributed by atoms with Crippen molar-refractivity contribution in [1.82, 2.24) is 0 Å². The Morgan fingerprint density at radius 3 is 2.50 bits per heavy atom. The van der Waals surface area contributed by atoms with Crippen LogP contribution in [0, 0.1) is 4.58 Å². The van der Waals surface area contributed by atoms with Gasteiger partial charge in [-0.3, -0.25) is 0 Å². The first-order valence-electron chi connectivity index (χ1n) is 3.87. The minimum Gasteiger partial charge on any atom is -0.146 e. The number of thioether (sulfide) groups is 2. The second-order valence-electron chi connectivity index (χ2n) is 2.47. The molecule has 0 spiro atoms. The van der Waals surface area contributed by atoms with Crippen molar-refractivity contribution in [1.29, 1.82) is 0 Å². The maximum Gasteiger partial charge on any atom is 0.0817 e. The first-order valence-corrected chi connectivity index (χ1v) is 6.08. The Labute approximate surface area is 83.1 Å². The first-order chi connectivity index (χ1) is 5.83. The van der Waals surface area contributed by atoms with Crippen LogP contribution in [0.2, 0.25) is 0 Å². The van der Waals surface area contributed by atoms with Crippen molar-refractivity contribution in [3.63, 3.8) is 0 Å². The van der Waals surface area contributed by atoms with Gasteiger partial charge in [0.15, 0.2) is 0 Å². The third-order valence-electron chi connectivity index (χ3n) is 1.57. The third-order valence-corrected chi connectivity index (χ3v) is 3.89. The Morgan fingerprint density at radius 1 is 1.25 bits per heavy atom. The number of rotatable bonds is 4. The van der Waals surface area contributed by atoms with E-state index in [9.17, 15) is 0 Å². The van der Waals surface area contributed by atoms with E-state index in [1.54, 1.807) is 0 Å². The predicted octanol–water partition coefficient (Wildman–Crippen LogP) is 3.79. The molecule has 1 rings (SSSR count). The van der Waals surface area contributed by atoms with Crippen molar-refractivity contribution in [3.8, 4) is 0 Å². The monoisotopic (exact) mass is 197 g/mol. The largest absolute Gasteiger partial charge is 0.146 e. The molecule has 0 nitrogen and oxygen atoms in total. The van der Waals surface area contributed by atoms with Gasteiger partial charge in [0.25, 0.3) is 0 Å². The van der Waals surface area contributed by atoms with Gasteiger partial charge in [0, 0.05) is 5.75 Å². The molecule has 1 radical (unpaired) electrons. The molecule has 1 aromatic carbocycles. The minimum atomic E-state index is 1.09. The lowest BCUT2D eigenvalue weighted by molar-refractivity contribution is 1.41. The van der Waals surface area contributed by atoms with Crippen molar-refractivity contribution < 1.29 is 0 Å². The molecule has 0 amide bonds. The van der Waals surface area contributed by atoms with E-state index in [2.05, 4.69) is 43.5 Å². The lowest BCUT2D eigenvalue weighted by Crippen LogP contribution is -1.81. The van der Waals surface area contributed by atoms with Crippen LogP contribution in [0.15, 0.2) is 30.3 Å². The van der Waals surface area contributed by atoms with Crippen molar-refractivity contribution in [2.45, 2.75) is 12.7 Å². The first kappa shape index (κ1) is 10.0. The molecule has 65 valence electrons. The lowest BCUT2D eigenvalue weighted by Gasteiger charge is -2.05. The second-order valence-corrected chi connectivity index (χ2v) is 4.94. The summed E-state index contributed by atoms with van der Waals surface area (Å²) >= 11 is 3.73. The normalized spacial score (nSPS) is 10.6. The molecule has 0 bridgehead atoms. The highest BCUT2D eigenvalue weighted by Crippen LogP contribution is 2.31. The third kappa shape index (κ3) is 3.55. The van der Waals surface area contributed by atoms with E-state index in [0.29, 0.717) is 0 Å². The summed E-state index contributed by atoms with van der Waals surface area (Å²) in [4.78, 5) is 0. The standard InChI is InChI=1S/C10H13S2/c1-9(11-2)12-8-10-6-4-3-5-7-10/h3-7H,8H2,1-2H3. The number of hydrogen-bond donors (Lipinski definition) is 0. The smallest absolute Gasteiger partial charge is 0.0817 e. The van der Waals surface area contributed by atoms with E-state index in [1.807, 2.05) is 23.5 Å². The zero-order valence-electron chi connectivity index (χ0n) is 7.41. The van der Waals surface area contributed by atoms with Gasteiger partial charge in [-0.05, 0) is 18.7 Å². The lowest BCUT2D eigenvalue weighted by atomic mass is 10.2. The number of benzene rings is 1. The molecule has 0 heterocycles. The Morgan fingerprint density at radius 2 is 1.92 bits per heavy atom. The highest BCUT2D eigenvalue weighted by atomic mass is 32.2. The molecule has 0 aromatic heterocycles. The molecule has 0 saturated carbocycles. The van der Waals surface area contributed by atoms with E-state index < -0.39 is 0 Å². The fourth-order valence-electron chi connectivity index (χ4n) is 0.818. The quantitative estimate of drug-likeness (QED) is 0.720. The van der Waals surface area contributed by atoms with Crippen LogP contribution < -0.4 is 0 Å². The molecule has 0 aliphatic carbocycles. The molecular formula is C10H13S2. The van der Waals surface area contributed by atoms with Crippen LogP contribution in [0.1, 0.15) is 12.5 Å². The van der Waals surface area contributed by atoms with Crippen LogP contribution in [0.3, 0.4) is 0 Å². The summed E-state index contributed by atoms with van der Waals surface area (Å²) in [6.07, 6.45) is 2.12. The molecule has 0 saturated heterocycles. The molecule has 1 aromatic rings. The zero-order valence-corrected chi connectivity index (χ0v) is 9.04. The molecule has 0 fully saturated rings. The van der Waals surface area contributed by atoms with E-state index in [4.69, 9.17) is 0 Å². The highest BCUT2D eigenvalue weighted by molar-refractivity contribution is 8.19. The molecule has 12 heavy (non-hydrogen) atoms. The van der Waals surface area contributed by atoms with Gasteiger partial charge >= 0.3 is 0 Å². The average molecular weight is 197 g/mol. The zero-order chi connectivity index (χ0) is 8.81. The van der Waals surface area contributed by atoms with E-state index in [-0.39, 0.29) is 0 Å². The fourth-order valence-corrected chi connectivity index (χ4v) is 2.03. The Bertz CT molecular complexity index is 208. The van der Waals surface area contributed by atoms with Crippen molar-refractivity contribution in [2.24, 2.45) is 0 Å². The maximum absolute atomic E-state index is 2.17. The SMILES string of the molecule is CS[C](C)SCc1ccccc1. The molecule has 0 aliphatic heterocycles. The van der Waals surface area contributed by atoms with Crippen LogP contribution in [0.25, 0.3) is 0 Å². The molecule has 2 heteroatoms.